The second-order valence-corrected chi connectivity index (χ2v) is 5.66. The van der Waals surface area contributed by atoms with Crippen molar-refractivity contribution in [1.82, 2.24) is 19.7 Å². The van der Waals surface area contributed by atoms with Crippen LogP contribution in [0.1, 0.15) is 10.4 Å². The second-order valence-electron chi connectivity index (χ2n) is 3.90. The van der Waals surface area contributed by atoms with Crippen molar-refractivity contribution in [3.8, 4) is 0 Å². The number of sulfonamides is 1. The Bertz CT molecular complexity index is 697. The molecule has 0 radical (unpaired) electrons. The Hall–Kier alpha value is -2.26. The van der Waals surface area contributed by atoms with E-state index >= 15 is 0 Å². The quantitative estimate of drug-likeness (QED) is 0.772. The van der Waals surface area contributed by atoms with Crippen molar-refractivity contribution in [2.45, 2.75) is 11.4 Å². The molecule has 2 N–H and O–H groups in total. The molecule has 2 rings (SSSR count). The minimum Gasteiger partial charge on any atom is -0.478 e. The zero-order valence-electron chi connectivity index (χ0n) is 10.3. The molecule has 0 fully saturated rings. The van der Waals surface area contributed by atoms with Gasteiger partial charge in [-0.15, -0.1) is 5.10 Å². The minimum atomic E-state index is -3.74. The molecule has 1 aromatic carbocycles. The summed E-state index contributed by atoms with van der Waals surface area (Å²) < 4.78 is 27.8. The number of rotatable bonds is 6. The van der Waals surface area contributed by atoms with Crippen molar-refractivity contribution in [2.24, 2.45) is 0 Å². The number of hydrogen-bond acceptors (Lipinski definition) is 5. The van der Waals surface area contributed by atoms with Gasteiger partial charge in [0.1, 0.15) is 0 Å². The Morgan fingerprint density at radius 3 is 2.85 bits per heavy atom. The molecule has 0 aliphatic rings. The maximum atomic E-state index is 12.0. The molecule has 2 aromatic rings. The monoisotopic (exact) mass is 296 g/mol. The maximum absolute atomic E-state index is 12.0. The van der Waals surface area contributed by atoms with Crippen LogP contribution >= 0.6 is 0 Å². The summed E-state index contributed by atoms with van der Waals surface area (Å²) in [7, 11) is -3.74. The van der Waals surface area contributed by atoms with Crippen LogP contribution in [-0.4, -0.2) is 41.0 Å². The van der Waals surface area contributed by atoms with E-state index < -0.39 is 16.0 Å². The molecular weight excluding hydrogens is 284 g/mol. The van der Waals surface area contributed by atoms with E-state index in [0.29, 0.717) is 6.54 Å². The third-order valence-electron chi connectivity index (χ3n) is 2.50. The lowest BCUT2D eigenvalue weighted by molar-refractivity contribution is 0.0696. The first-order chi connectivity index (χ1) is 9.49. The van der Waals surface area contributed by atoms with Gasteiger partial charge in [0.2, 0.25) is 10.0 Å². The Morgan fingerprint density at radius 2 is 2.20 bits per heavy atom. The zero-order valence-corrected chi connectivity index (χ0v) is 11.1. The number of carboxylic acids is 1. The van der Waals surface area contributed by atoms with Gasteiger partial charge in [-0.25, -0.2) is 17.9 Å². The van der Waals surface area contributed by atoms with Crippen LogP contribution in [0.5, 0.6) is 0 Å². The summed E-state index contributed by atoms with van der Waals surface area (Å²) >= 11 is 0. The molecule has 0 atom stereocenters. The Kier molecular flexibility index (Phi) is 4.11. The molecule has 0 saturated heterocycles. The Balaban J connectivity index is 2.06. The molecule has 1 heterocycles. The van der Waals surface area contributed by atoms with Crippen LogP contribution in [0.25, 0.3) is 0 Å². The zero-order chi connectivity index (χ0) is 14.6. The second kappa shape index (κ2) is 5.80. The summed E-state index contributed by atoms with van der Waals surface area (Å²) in [5.41, 5.74) is -0.0795. The lowest BCUT2D eigenvalue weighted by Gasteiger charge is -2.07. The van der Waals surface area contributed by atoms with Crippen LogP contribution in [0.2, 0.25) is 0 Å². The predicted octanol–water partition coefficient (Wildman–Crippen LogP) is -0.0452. The first kappa shape index (κ1) is 14.2. The Labute approximate surface area is 115 Å². The van der Waals surface area contributed by atoms with Crippen LogP contribution in [0.15, 0.2) is 41.6 Å². The summed E-state index contributed by atoms with van der Waals surface area (Å²) in [6.07, 6.45) is 3.10. The molecule has 0 amide bonds. The molecule has 0 saturated carbocycles. The number of carbonyl (C=O) groups is 1. The van der Waals surface area contributed by atoms with Gasteiger partial charge < -0.3 is 5.11 Å². The fourth-order valence-corrected chi connectivity index (χ4v) is 2.59. The van der Waals surface area contributed by atoms with Crippen LogP contribution in [0.4, 0.5) is 0 Å². The van der Waals surface area contributed by atoms with Crippen molar-refractivity contribution >= 4 is 16.0 Å². The van der Waals surface area contributed by atoms with Gasteiger partial charge in [0.25, 0.3) is 0 Å². The van der Waals surface area contributed by atoms with E-state index in [4.69, 9.17) is 5.11 Å². The highest BCUT2D eigenvalue weighted by Crippen LogP contribution is 2.11. The molecule has 106 valence electrons. The summed E-state index contributed by atoms with van der Waals surface area (Å²) in [6, 6.07) is 5.16. The number of aromatic nitrogens is 3. The van der Waals surface area contributed by atoms with E-state index in [-0.39, 0.29) is 17.0 Å². The van der Waals surface area contributed by atoms with E-state index in [9.17, 15) is 13.2 Å². The Morgan fingerprint density at radius 1 is 1.40 bits per heavy atom. The standard InChI is InChI=1S/C11H12N4O4S/c16-11(17)9-2-1-3-10(8-9)20(18,19)13-5-7-15-6-4-12-14-15/h1-4,6,8,13H,5,7H2,(H,16,17). The van der Waals surface area contributed by atoms with Gasteiger partial charge in [-0.05, 0) is 18.2 Å². The van der Waals surface area contributed by atoms with Gasteiger partial charge in [-0.2, -0.15) is 0 Å². The first-order valence-electron chi connectivity index (χ1n) is 5.66. The molecule has 0 unspecified atom stereocenters. The topological polar surface area (TPSA) is 114 Å². The molecule has 0 bridgehead atoms. The van der Waals surface area contributed by atoms with E-state index in [1.165, 1.54) is 29.1 Å². The number of nitrogens with one attached hydrogen (secondary N) is 1. The van der Waals surface area contributed by atoms with Crippen molar-refractivity contribution < 1.29 is 18.3 Å². The third-order valence-corrected chi connectivity index (χ3v) is 3.95. The average molecular weight is 296 g/mol. The van der Waals surface area contributed by atoms with Gasteiger partial charge in [0, 0.05) is 12.7 Å². The fraction of sp³-hybridized carbons (Fsp3) is 0.182. The molecule has 20 heavy (non-hydrogen) atoms. The van der Waals surface area contributed by atoms with Crippen LogP contribution in [0.3, 0.4) is 0 Å². The summed E-state index contributed by atoms with van der Waals surface area (Å²) in [4.78, 5) is 10.7. The number of hydrogen-bond donors (Lipinski definition) is 2. The highest BCUT2D eigenvalue weighted by Gasteiger charge is 2.15. The molecule has 0 spiro atoms. The first-order valence-corrected chi connectivity index (χ1v) is 7.14. The molecule has 1 aromatic heterocycles. The maximum Gasteiger partial charge on any atom is 0.335 e. The van der Waals surface area contributed by atoms with Gasteiger partial charge in [0.05, 0.1) is 23.2 Å². The molecule has 8 nitrogen and oxygen atoms in total. The highest BCUT2D eigenvalue weighted by molar-refractivity contribution is 7.89. The third kappa shape index (κ3) is 3.39. The van der Waals surface area contributed by atoms with E-state index in [1.54, 1.807) is 6.20 Å². The largest absolute Gasteiger partial charge is 0.478 e. The smallest absolute Gasteiger partial charge is 0.335 e. The molecule has 0 aliphatic carbocycles. The van der Waals surface area contributed by atoms with Crippen LogP contribution in [-0.2, 0) is 16.6 Å². The fourth-order valence-electron chi connectivity index (χ4n) is 1.53. The number of nitrogens with zero attached hydrogens (tertiary/aromatic N) is 3. The van der Waals surface area contributed by atoms with Gasteiger partial charge in [0.15, 0.2) is 0 Å². The van der Waals surface area contributed by atoms with Gasteiger partial charge in [-0.3, -0.25) is 4.68 Å². The van der Waals surface area contributed by atoms with Crippen LogP contribution < -0.4 is 4.72 Å². The van der Waals surface area contributed by atoms with E-state index in [2.05, 4.69) is 15.0 Å². The average Bonchev–Trinajstić information content (AvgIpc) is 2.92. The number of benzene rings is 1. The van der Waals surface area contributed by atoms with Crippen molar-refractivity contribution in [3.05, 3.63) is 42.2 Å². The number of aromatic carboxylic acids is 1. The lowest BCUT2D eigenvalue weighted by atomic mass is 10.2. The van der Waals surface area contributed by atoms with Gasteiger partial charge >= 0.3 is 5.97 Å². The lowest BCUT2D eigenvalue weighted by Crippen LogP contribution is -2.27. The predicted molar refractivity (Wildman–Crippen MR) is 68.6 cm³/mol. The normalized spacial score (nSPS) is 11.4. The van der Waals surface area contributed by atoms with Crippen molar-refractivity contribution in [1.29, 1.82) is 0 Å². The van der Waals surface area contributed by atoms with E-state index in [1.807, 2.05) is 0 Å². The minimum absolute atomic E-state index is 0.0795. The molecule has 0 aliphatic heterocycles. The molecule has 9 heteroatoms. The highest BCUT2D eigenvalue weighted by atomic mass is 32.2. The number of carboxylic acid groups (broad SMARTS) is 1. The van der Waals surface area contributed by atoms with Crippen molar-refractivity contribution in [2.75, 3.05) is 6.54 Å². The molecular formula is C11H12N4O4S. The van der Waals surface area contributed by atoms with Gasteiger partial charge in [-0.1, -0.05) is 11.3 Å². The summed E-state index contributed by atoms with van der Waals surface area (Å²) in [6.45, 7) is 0.459. The SMILES string of the molecule is O=C(O)c1cccc(S(=O)(=O)NCCn2ccnn2)c1. The van der Waals surface area contributed by atoms with Crippen molar-refractivity contribution in [3.63, 3.8) is 0 Å². The summed E-state index contributed by atoms with van der Waals surface area (Å²) in [5.74, 6) is -1.18. The summed E-state index contributed by atoms with van der Waals surface area (Å²) in [5, 5.41) is 16.1. The van der Waals surface area contributed by atoms with Crippen LogP contribution in [0, 0.1) is 0 Å². The van der Waals surface area contributed by atoms with E-state index in [0.717, 1.165) is 6.07 Å².